The number of ether oxygens (including phenoxy) is 1. The minimum atomic E-state index is -0.353. The van der Waals surface area contributed by atoms with E-state index in [-0.39, 0.29) is 5.97 Å². The van der Waals surface area contributed by atoms with Crippen molar-refractivity contribution in [1.29, 1.82) is 0 Å². The first-order chi connectivity index (χ1) is 10.2. The van der Waals surface area contributed by atoms with Gasteiger partial charge >= 0.3 is 5.97 Å². The summed E-state index contributed by atoms with van der Waals surface area (Å²) in [6.07, 6.45) is 2.64. The van der Waals surface area contributed by atoms with Gasteiger partial charge in [0.15, 0.2) is 0 Å². The Morgan fingerprint density at radius 1 is 1.33 bits per heavy atom. The third-order valence-corrected chi connectivity index (χ3v) is 3.93. The smallest absolute Gasteiger partial charge is 0.339 e. The molecule has 2 aromatic rings. The summed E-state index contributed by atoms with van der Waals surface area (Å²) in [6, 6.07) is 12.6. The summed E-state index contributed by atoms with van der Waals surface area (Å²) in [7, 11) is 1.37. The third-order valence-electron chi connectivity index (χ3n) is 3.93. The lowest BCUT2D eigenvalue weighted by atomic mass is 10.1. The highest BCUT2D eigenvalue weighted by atomic mass is 16.5. The van der Waals surface area contributed by atoms with E-state index in [2.05, 4.69) is 45.8 Å². The first kappa shape index (κ1) is 13.6. The van der Waals surface area contributed by atoms with Gasteiger partial charge in [0.25, 0.3) is 0 Å². The summed E-state index contributed by atoms with van der Waals surface area (Å²) in [6.45, 7) is 2.97. The Morgan fingerprint density at radius 2 is 2.14 bits per heavy atom. The monoisotopic (exact) mass is 282 g/mol. The fourth-order valence-corrected chi connectivity index (χ4v) is 2.80. The van der Waals surface area contributed by atoms with Crippen molar-refractivity contribution in [2.24, 2.45) is 0 Å². The van der Waals surface area contributed by atoms with Gasteiger partial charge in [0, 0.05) is 17.9 Å². The minimum Gasteiger partial charge on any atom is -0.465 e. The number of esters is 1. The summed E-state index contributed by atoms with van der Waals surface area (Å²) in [5.41, 5.74) is 4.10. The Labute approximate surface area is 124 Å². The van der Waals surface area contributed by atoms with Crippen LogP contribution < -0.4 is 4.90 Å². The topological polar surface area (TPSA) is 42.4 Å². The molecule has 0 bridgehead atoms. The van der Waals surface area contributed by atoms with Crippen molar-refractivity contribution in [3.8, 4) is 0 Å². The van der Waals surface area contributed by atoms with Crippen LogP contribution in [0.1, 0.15) is 28.5 Å². The van der Waals surface area contributed by atoms with Gasteiger partial charge in [-0.15, -0.1) is 0 Å². The molecular weight excluding hydrogens is 264 g/mol. The number of benzene rings is 1. The van der Waals surface area contributed by atoms with Crippen LogP contribution in [0.4, 0.5) is 5.69 Å². The fourth-order valence-electron chi connectivity index (χ4n) is 2.80. The number of carbonyl (C=O) groups excluding carboxylic acids is 1. The standard InChI is InChI=1S/C17H18N2O2/c1-12-9-13-5-3-4-6-16(13)19(12)11-15-8-7-14(10-18-15)17(20)21-2/h3-8,10,12H,9,11H2,1-2H3. The minimum absolute atomic E-state index is 0.353. The summed E-state index contributed by atoms with van der Waals surface area (Å²) in [5, 5.41) is 0. The molecule has 3 rings (SSSR count). The van der Waals surface area contributed by atoms with Crippen LogP contribution in [0.15, 0.2) is 42.6 Å². The lowest BCUT2D eigenvalue weighted by molar-refractivity contribution is 0.0600. The van der Waals surface area contributed by atoms with Crippen molar-refractivity contribution in [2.75, 3.05) is 12.0 Å². The van der Waals surface area contributed by atoms with Crippen molar-refractivity contribution in [1.82, 2.24) is 4.98 Å². The highest BCUT2D eigenvalue weighted by Crippen LogP contribution is 2.32. The normalized spacial score (nSPS) is 16.7. The molecule has 4 nitrogen and oxygen atoms in total. The summed E-state index contributed by atoms with van der Waals surface area (Å²) in [4.78, 5) is 18.1. The number of fused-ring (bicyclic) bond motifs is 1. The SMILES string of the molecule is COC(=O)c1ccc(CN2c3ccccc3CC2C)nc1. The molecule has 1 aromatic carbocycles. The molecule has 21 heavy (non-hydrogen) atoms. The molecule has 1 atom stereocenters. The molecule has 1 aliphatic rings. The summed E-state index contributed by atoms with van der Waals surface area (Å²) >= 11 is 0. The molecule has 0 N–H and O–H groups in total. The molecular formula is C17H18N2O2. The van der Waals surface area contributed by atoms with Crippen molar-refractivity contribution >= 4 is 11.7 Å². The van der Waals surface area contributed by atoms with Crippen molar-refractivity contribution in [3.05, 3.63) is 59.4 Å². The Balaban J connectivity index is 1.79. The molecule has 2 heterocycles. The van der Waals surface area contributed by atoms with Gasteiger partial charge in [-0.25, -0.2) is 4.79 Å². The molecule has 1 unspecified atom stereocenters. The highest BCUT2D eigenvalue weighted by Gasteiger charge is 2.25. The number of para-hydroxylation sites is 1. The maximum absolute atomic E-state index is 11.4. The van der Waals surface area contributed by atoms with Crippen LogP contribution in [0.2, 0.25) is 0 Å². The van der Waals surface area contributed by atoms with E-state index in [1.165, 1.54) is 18.4 Å². The molecule has 108 valence electrons. The second kappa shape index (κ2) is 5.56. The lowest BCUT2D eigenvalue weighted by Crippen LogP contribution is -2.29. The van der Waals surface area contributed by atoms with E-state index in [9.17, 15) is 4.79 Å². The molecule has 1 aliphatic heterocycles. The van der Waals surface area contributed by atoms with Crippen LogP contribution in [0.3, 0.4) is 0 Å². The summed E-state index contributed by atoms with van der Waals surface area (Å²) in [5.74, 6) is -0.353. The van der Waals surface area contributed by atoms with Crippen LogP contribution in [-0.2, 0) is 17.7 Å². The zero-order valence-corrected chi connectivity index (χ0v) is 12.2. The molecule has 0 spiro atoms. The molecule has 0 saturated heterocycles. The van der Waals surface area contributed by atoms with Gasteiger partial charge in [0.1, 0.15) is 0 Å². The number of hydrogen-bond acceptors (Lipinski definition) is 4. The maximum Gasteiger partial charge on any atom is 0.339 e. The number of hydrogen-bond donors (Lipinski definition) is 0. The van der Waals surface area contributed by atoms with Crippen molar-refractivity contribution in [2.45, 2.75) is 25.9 Å². The van der Waals surface area contributed by atoms with Crippen LogP contribution in [0.25, 0.3) is 0 Å². The molecule has 4 heteroatoms. The summed E-state index contributed by atoms with van der Waals surface area (Å²) < 4.78 is 4.68. The molecule has 1 aromatic heterocycles. The van der Waals surface area contributed by atoms with Gasteiger partial charge in [-0.1, -0.05) is 18.2 Å². The van der Waals surface area contributed by atoms with Gasteiger partial charge in [-0.3, -0.25) is 4.98 Å². The van der Waals surface area contributed by atoms with Crippen molar-refractivity contribution in [3.63, 3.8) is 0 Å². The number of anilines is 1. The van der Waals surface area contributed by atoms with Gasteiger partial charge in [-0.05, 0) is 37.1 Å². The Hall–Kier alpha value is -2.36. The first-order valence-corrected chi connectivity index (χ1v) is 7.07. The lowest BCUT2D eigenvalue weighted by Gasteiger charge is -2.24. The molecule has 0 radical (unpaired) electrons. The molecule has 0 amide bonds. The van der Waals surface area contributed by atoms with Crippen LogP contribution in [-0.4, -0.2) is 24.1 Å². The molecule has 0 saturated carbocycles. The van der Waals surface area contributed by atoms with E-state index in [1.807, 2.05) is 6.07 Å². The zero-order valence-electron chi connectivity index (χ0n) is 12.2. The van der Waals surface area contributed by atoms with E-state index in [1.54, 1.807) is 12.3 Å². The van der Waals surface area contributed by atoms with E-state index >= 15 is 0 Å². The second-order valence-electron chi connectivity index (χ2n) is 5.34. The van der Waals surface area contributed by atoms with Crippen LogP contribution in [0, 0.1) is 0 Å². The van der Waals surface area contributed by atoms with E-state index in [0.29, 0.717) is 11.6 Å². The number of methoxy groups -OCH3 is 1. The molecule has 0 fully saturated rings. The number of aromatic nitrogens is 1. The average molecular weight is 282 g/mol. The number of carbonyl (C=O) groups is 1. The zero-order chi connectivity index (χ0) is 14.8. The van der Waals surface area contributed by atoms with E-state index < -0.39 is 0 Å². The second-order valence-corrected chi connectivity index (χ2v) is 5.34. The Bertz CT molecular complexity index is 652. The van der Waals surface area contributed by atoms with Gasteiger partial charge in [0.2, 0.25) is 0 Å². The van der Waals surface area contributed by atoms with Gasteiger partial charge in [0.05, 0.1) is 24.9 Å². The maximum atomic E-state index is 11.4. The Morgan fingerprint density at radius 3 is 2.86 bits per heavy atom. The number of rotatable bonds is 3. The predicted molar refractivity (Wildman–Crippen MR) is 81.4 cm³/mol. The van der Waals surface area contributed by atoms with Gasteiger partial charge in [-0.2, -0.15) is 0 Å². The average Bonchev–Trinajstić information content (AvgIpc) is 2.83. The van der Waals surface area contributed by atoms with Crippen LogP contribution in [0.5, 0.6) is 0 Å². The quantitative estimate of drug-likeness (QED) is 0.812. The Kier molecular flexibility index (Phi) is 3.60. The van der Waals surface area contributed by atoms with E-state index in [0.717, 1.165) is 18.7 Å². The van der Waals surface area contributed by atoms with Crippen molar-refractivity contribution < 1.29 is 9.53 Å². The highest BCUT2D eigenvalue weighted by molar-refractivity contribution is 5.88. The number of nitrogens with zero attached hydrogens (tertiary/aromatic N) is 2. The molecule has 0 aliphatic carbocycles. The van der Waals surface area contributed by atoms with E-state index in [4.69, 9.17) is 0 Å². The fraction of sp³-hybridized carbons (Fsp3) is 0.294. The largest absolute Gasteiger partial charge is 0.465 e. The van der Waals surface area contributed by atoms with Gasteiger partial charge < -0.3 is 9.64 Å². The number of pyridine rings is 1. The third kappa shape index (κ3) is 2.61. The predicted octanol–water partition coefficient (Wildman–Crippen LogP) is 2.82. The van der Waals surface area contributed by atoms with Crippen LogP contribution >= 0.6 is 0 Å². The first-order valence-electron chi connectivity index (χ1n) is 7.07.